The molecule has 0 fully saturated rings. The lowest BCUT2D eigenvalue weighted by molar-refractivity contribution is -0.115. The molecular weight excluding hydrogens is 322 g/mol. The Morgan fingerprint density at radius 3 is 2.71 bits per heavy atom. The first-order valence-corrected chi connectivity index (χ1v) is 8.29. The smallest absolute Gasteiger partial charge is 0.256 e. The number of primary amides is 1. The van der Waals surface area contributed by atoms with Crippen molar-refractivity contribution in [3.05, 3.63) is 66.4 Å². The summed E-state index contributed by atoms with van der Waals surface area (Å²) in [6, 6.07) is 16.4. The van der Waals surface area contributed by atoms with Crippen LogP contribution in [0.1, 0.15) is 10.4 Å². The number of hydrogen-bond donors (Lipinski definition) is 2. The van der Waals surface area contributed by atoms with E-state index in [2.05, 4.69) is 10.3 Å². The number of carbonyl (C=O) groups is 2. The Balaban J connectivity index is 1.88. The second-order valence-electron chi connectivity index (χ2n) is 5.08. The van der Waals surface area contributed by atoms with Gasteiger partial charge >= 0.3 is 0 Å². The molecule has 1 heterocycles. The standard InChI is InChI=1S/C18H15N3O2S/c19-17(22)11-24-16-9-2-1-7-15(16)21-18(23)13-5-3-8-14-12(13)6-4-10-20-14/h1-10H,11H2,(H2,19,22)(H,21,23). The van der Waals surface area contributed by atoms with Crippen LogP contribution in [-0.4, -0.2) is 22.6 Å². The molecule has 0 saturated heterocycles. The Kier molecular flexibility index (Phi) is 4.77. The Bertz CT molecular complexity index is 906. The molecule has 0 aliphatic heterocycles. The number of aromatic nitrogens is 1. The van der Waals surface area contributed by atoms with Gasteiger partial charge in [-0.3, -0.25) is 14.6 Å². The monoisotopic (exact) mass is 337 g/mol. The van der Waals surface area contributed by atoms with Gasteiger partial charge in [0.1, 0.15) is 0 Å². The van der Waals surface area contributed by atoms with Crippen molar-refractivity contribution < 1.29 is 9.59 Å². The first-order valence-electron chi connectivity index (χ1n) is 7.30. The predicted octanol–water partition coefficient (Wildman–Crippen LogP) is 3.06. The number of nitrogens with one attached hydrogen (secondary N) is 1. The van der Waals surface area contributed by atoms with E-state index in [0.29, 0.717) is 11.3 Å². The molecule has 3 N–H and O–H groups in total. The molecule has 2 aromatic carbocycles. The average Bonchev–Trinajstić information content (AvgIpc) is 2.60. The first kappa shape index (κ1) is 16.0. The summed E-state index contributed by atoms with van der Waals surface area (Å²) >= 11 is 1.29. The first-order chi connectivity index (χ1) is 11.6. The van der Waals surface area contributed by atoms with Gasteiger partial charge in [0, 0.05) is 22.0 Å². The quantitative estimate of drug-likeness (QED) is 0.701. The van der Waals surface area contributed by atoms with Crippen LogP contribution in [0.25, 0.3) is 10.9 Å². The highest BCUT2D eigenvalue weighted by Crippen LogP contribution is 2.27. The highest BCUT2D eigenvalue weighted by Gasteiger charge is 2.12. The Morgan fingerprint density at radius 2 is 1.88 bits per heavy atom. The van der Waals surface area contributed by atoms with Crippen LogP contribution in [0.5, 0.6) is 0 Å². The molecule has 6 heteroatoms. The zero-order valence-corrected chi connectivity index (χ0v) is 13.5. The molecule has 2 amide bonds. The molecule has 3 rings (SSSR count). The van der Waals surface area contributed by atoms with Crippen molar-refractivity contribution in [1.29, 1.82) is 0 Å². The maximum Gasteiger partial charge on any atom is 0.256 e. The van der Waals surface area contributed by atoms with Crippen molar-refractivity contribution in [3.8, 4) is 0 Å². The summed E-state index contributed by atoms with van der Waals surface area (Å²) in [7, 11) is 0. The topological polar surface area (TPSA) is 85.1 Å². The lowest BCUT2D eigenvalue weighted by Gasteiger charge is -2.11. The zero-order valence-electron chi connectivity index (χ0n) is 12.7. The fraction of sp³-hybridized carbons (Fsp3) is 0.0556. The molecule has 0 unspecified atom stereocenters. The Morgan fingerprint density at radius 1 is 1.04 bits per heavy atom. The fourth-order valence-electron chi connectivity index (χ4n) is 2.34. The lowest BCUT2D eigenvalue weighted by Crippen LogP contribution is -2.15. The summed E-state index contributed by atoms with van der Waals surface area (Å²) in [4.78, 5) is 28.7. The third-order valence-corrected chi connectivity index (χ3v) is 4.49. The van der Waals surface area contributed by atoms with E-state index in [1.165, 1.54) is 11.8 Å². The van der Waals surface area contributed by atoms with Crippen molar-refractivity contribution in [3.63, 3.8) is 0 Å². The molecule has 0 spiro atoms. The molecule has 0 aliphatic rings. The summed E-state index contributed by atoms with van der Waals surface area (Å²) in [6.45, 7) is 0. The molecular formula is C18H15N3O2S. The second kappa shape index (κ2) is 7.14. The number of thioether (sulfide) groups is 1. The molecule has 5 nitrogen and oxygen atoms in total. The Hall–Kier alpha value is -2.86. The van der Waals surface area contributed by atoms with Gasteiger partial charge in [-0.05, 0) is 30.3 Å². The van der Waals surface area contributed by atoms with Gasteiger partial charge in [0.2, 0.25) is 5.91 Å². The van der Waals surface area contributed by atoms with Crippen LogP contribution in [0.4, 0.5) is 5.69 Å². The van der Waals surface area contributed by atoms with Crippen molar-refractivity contribution in [1.82, 2.24) is 4.98 Å². The molecule has 0 radical (unpaired) electrons. The van der Waals surface area contributed by atoms with Crippen LogP contribution in [0.15, 0.2) is 65.7 Å². The van der Waals surface area contributed by atoms with Crippen LogP contribution in [0.3, 0.4) is 0 Å². The number of benzene rings is 2. The van der Waals surface area contributed by atoms with Crippen molar-refractivity contribution in [2.75, 3.05) is 11.1 Å². The van der Waals surface area contributed by atoms with E-state index in [1.54, 1.807) is 30.5 Å². The normalized spacial score (nSPS) is 10.5. The van der Waals surface area contributed by atoms with Crippen LogP contribution in [0, 0.1) is 0 Å². The molecule has 0 bridgehead atoms. The van der Waals surface area contributed by atoms with E-state index in [0.717, 1.165) is 15.8 Å². The van der Waals surface area contributed by atoms with E-state index in [-0.39, 0.29) is 11.7 Å². The molecule has 120 valence electrons. The number of fused-ring (bicyclic) bond motifs is 1. The summed E-state index contributed by atoms with van der Waals surface area (Å²) in [5, 5.41) is 3.69. The molecule has 0 atom stereocenters. The van der Waals surface area contributed by atoms with E-state index in [1.807, 2.05) is 30.3 Å². The highest BCUT2D eigenvalue weighted by molar-refractivity contribution is 8.00. The van der Waals surface area contributed by atoms with Crippen molar-refractivity contribution in [2.45, 2.75) is 4.90 Å². The minimum absolute atomic E-state index is 0.158. The second-order valence-corrected chi connectivity index (χ2v) is 6.10. The number of nitrogens with two attached hydrogens (primary N) is 1. The van der Waals surface area contributed by atoms with Gasteiger partial charge in [-0.1, -0.05) is 24.3 Å². The average molecular weight is 337 g/mol. The number of nitrogens with zero attached hydrogens (tertiary/aromatic N) is 1. The minimum Gasteiger partial charge on any atom is -0.369 e. The summed E-state index contributed by atoms with van der Waals surface area (Å²) in [6.07, 6.45) is 1.69. The fourth-order valence-corrected chi connectivity index (χ4v) is 3.08. The van der Waals surface area contributed by atoms with E-state index >= 15 is 0 Å². The number of hydrogen-bond acceptors (Lipinski definition) is 4. The van der Waals surface area contributed by atoms with Gasteiger partial charge in [-0.15, -0.1) is 11.8 Å². The van der Waals surface area contributed by atoms with Crippen LogP contribution >= 0.6 is 11.8 Å². The number of anilines is 1. The summed E-state index contributed by atoms with van der Waals surface area (Å²) in [5.41, 5.74) is 7.16. The van der Waals surface area contributed by atoms with Gasteiger partial charge in [-0.2, -0.15) is 0 Å². The summed E-state index contributed by atoms with van der Waals surface area (Å²) < 4.78 is 0. The van der Waals surface area contributed by atoms with Crippen molar-refractivity contribution >= 4 is 40.2 Å². The number of rotatable bonds is 5. The molecule has 1 aromatic heterocycles. The zero-order chi connectivity index (χ0) is 16.9. The van der Waals surface area contributed by atoms with Crippen LogP contribution in [-0.2, 0) is 4.79 Å². The maximum absolute atomic E-state index is 12.7. The number of amides is 2. The third kappa shape index (κ3) is 3.55. The summed E-state index contributed by atoms with van der Waals surface area (Å²) in [5.74, 6) is -0.465. The van der Waals surface area contributed by atoms with E-state index in [9.17, 15) is 9.59 Å². The maximum atomic E-state index is 12.7. The van der Waals surface area contributed by atoms with E-state index < -0.39 is 5.91 Å². The largest absolute Gasteiger partial charge is 0.369 e. The minimum atomic E-state index is -0.402. The molecule has 0 saturated carbocycles. The van der Waals surface area contributed by atoms with Gasteiger partial charge < -0.3 is 11.1 Å². The number of pyridine rings is 1. The van der Waals surface area contributed by atoms with Gasteiger partial charge in [0.15, 0.2) is 0 Å². The molecule has 0 aliphatic carbocycles. The third-order valence-electron chi connectivity index (χ3n) is 3.40. The van der Waals surface area contributed by atoms with Crippen molar-refractivity contribution in [2.24, 2.45) is 5.73 Å². The predicted molar refractivity (Wildman–Crippen MR) is 96.1 cm³/mol. The van der Waals surface area contributed by atoms with Gasteiger partial charge in [-0.25, -0.2) is 0 Å². The van der Waals surface area contributed by atoms with Crippen LogP contribution in [0.2, 0.25) is 0 Å². The van der Waals surface area contributed by atoms with E-state index in [4.69, 9.17) is 5.73 Å². The number of para-hydroxylation sites is 1. The lowest BCUT2D eigenvalue weighted by atomic mass is 10.1. The van der Waals surface area contributed by atoms with Gasteiger partial charge in [0.25, 0.3) is 5.91 Å². The molecule has 3 aromatic rings. The SMILES string of the molecule is NC(=O)CSc1ccccc1NC(=O)c1cccc2ncccc12. The number of carbonyl (C=O) groups excluding carboxylic acids is 2. The Labute approximate surface area is 143 Å². The highest BCUT2D eigenvalue weighted by atomic mass is 32.2. The molecule has 24 heavy (non-hydrogen) atoms. The van der Waals surface area contributed by atoms with Gasteiger partial charge in [0.05, 0.1) is 17.0 Å². The van der Waals surface area contributed by atoms with Crippen LogP contribution < -0.4 is 11.1 Å².